The van der Waals surface area contributed by atoms with E-state index in [1.54, 1.807) is 6.07 Å². The van der Waals surface area contributed by atoms with E-state index < -0.39 is 0 Å². The minimum absolute atomic E-state index is 0.0800. The van der Waals surface area contributed by atoms with E-state index in [0.717, 1.165) is 16.1 Å². The van der Waals surface area contributed by atoms with Gasteiger partial charge in [-0.25, -0.2) is 0 Å². The van der Waals surface area contributed by atoms with E-state index in [4.69, 9.17) is 17.3 Å². The van der Waals surface area contributed by atoms with Gasteiger partial charge in [-0.2, -0.15) is 0 Å². The third kappa shape index (κ3) is 3.92. The zero-order valence-electron chi connectivity index (χ0n) is 11.0. The summed E-state index contributed by atoms with van der Waals surface area (Å²) in [5, 5.41) is 3.52. The second-order valence-electron chi connectivity index (χ2n) is 4.34. The van der Waals surface area contributed by atoms with Gasteiger partial charge in [0.2, 0.25) is 5.91 Å². The van der Waals surface area contributed by atoms with Crippen molar-refractivity contribution < 1.29 is 4.79 Å². The molecule has 2 aromatic rings. The molecule has 104 valence electrons. The van der Waals surface area contributed by atoms with Gasteiger partial charge in [0.15, 0.2) is 0 Å². The van der Waals surface area contributed by atoms with Crippen LogP contribution in [0.1, 0.15) is 5.56 Å². The zero-order valence-corrected chi connectivity index (χ0v) is 12.6. The Hall–Kier alpha value is -1.65. The summed E-state index contributed by atoms with van der Waals surface area (Å²) in [4.78, 5) is 12.8. The third-order valence-electron chi connectivity index (χ3n) is 2.73. The fourth-order valence-electron chi connectivity index (χ4n) is 1.67. The Balaban J connectivity index is 1.96. The molecule has 0 fully saturated rings. The number of benzene rings is 2. The van der Waals surface area contributed by atoms with Crippen LogP contribution in [0.15, 0.2) is 47.4 Å². The van der Waals surface area contributed by atoms with Crippen LogP contribution in [0.2, 0.25) is 5.02 Å². The molecule has 3 N–H and O–H groups in total. The standard InChI is InChI=1S/C15H15ClN2OS/c1-10-6-7-11(17)8-13(10)18-15(19)9-20-14-5-3-2-4-12(14)16/h2-8H,9,17H2,1H3,(H,18,19). The second-order valence-corrected chi connectivity index (χ2v) is 5.77. The van der Waals surface area contributed by atoms with E-state index in [9.17, 15) is 4.79 Å². The van der Waals surface area contributed by atoms with Crippen LogP contribution >= 0.6 is 23.4 Å². The van der Waals surface area contributed by atoms with E-state index in [2.05, 4.69) is 5.32 Å². The number of nitrogen functional groups attached to an aromatic ring is 1. The summed E-state index contributed by atoms with van der Waals surface area (Å²) in [6, 6.07) is 12.9. The van der Waals surface area contributed by atoms with Crippen molar-refractivity contribution >= 4 is 40.6 Å². The molecular weight excluding hydrogens is 292 g/mol. The Labute approximate surface area is 127 Å². The number of halogens is 1. The fraction of sp³-hybridized carbons (Fsp3) is 0.133. The molecule has 0 unspecified atom stereocenters. The molecule has 0 atom stereocenters. The van der Waals surface area contributed by atoms with Crippen LogP contribution in [0.5, 0.6) is 0 Å². The van der Waals surface area contributed by atoms with Crippen molar-refractivity contribution in [3.05, 3.63) is 53.1 Å². The lowest BCUT2D eigenvalue weighted by atomic mass is 10.2. The molecule has 2 rings (SSSR count). The molecule has 0 heterocycles. The minimum atomic E-state index is -0.0800. The normalized spacial score (nSPS) is 10.3. The van der Waals surface area contributed by atoms with Crippen LogP contribution in [0.3, 0.4) is 0 Å². The molecule has 0 aromatic heterocycles. The minimum Gasteiger partial charge on any atom is -0.399 e. The van der Waals surface area contributed by atoms with Crippen LogP contribution in [0.25, 0.3) is 0 Å². The number of hydrogen-bond acceptors (Lipinski definition) is 3. The van der Waals surface area contributed by atoms with Crippen molar-refractivity contribution in [2.24, 2.45) is 0 Å². The number of carbonyl (C=O) groups is 1. The van der Waals surface area contributed by atoms with Gasteiger partial charge in [0.1, 0.15) is 0 Å². The van der Waals surface area contributed by atoms with Crippen molar-refractivity contribution in [3.63, 3.8) is 0 Å². The van der Waals surface area contributed by atoms with Crippen molar-refractivity contribution in [1.29, 1.82) is 0 Å². The van der Waals surface area contributed by atoms with Crippen LogP contribution in [0, 0.1) is 6.92 Å². The van der Waals surface area contributed by atoms with Gasteiger partial charge in [0.05, 0.1) is 10.8 Å². The molecule has 0 saturated carbocycles. The Morgan fingerprint density at radius 1 is 1.30 bits per heavy atom. The molecule has 0 spiro atoms. The van der Waals surface area contributed by atoms with Gasteiger partial charge in [-0.15, -0.1) is 11.8 Å². The Kier molecular flexibility index (Phi) is 4.93. The van der Waals surface area contributed by atoms with Gasteiger partial charge < -0.3 is 11.1 Å². The number of anilines is 2. The molecule has 2 aromatic carbocycles. The molecule has 0 aliphatic carbocycles. The largest absolute Gasteiger partial charge is 0.399 e. The topological polar surface area (TPSA) is 55.1 Å². The van der Waals surface area contributed by atoms with Crippen molar-refractivity contribution in [3.8, 4) is 0 Å². The maximum absolute atomic E-state index is 11.9. The highest BCUT2D eigenvalue weighted by atomic mass is 35.5. The summed E-state index contributed by atoms with van der Waals surface area (Å²) in [6.45, 7) is 1.93. The molecule has 0 radical (unpaired) electrons. The van der Waals surface area contributed by atoms with Gasteiger partial charge in [0.25, 0.3) is 0 Å². The highest BCUT2D eigenvalue weighted by Crippen LogP contribution is 2.26. The lowest BCUT2D eigenvalue weighted by Crippen LogP contribution is -2.15. The first kappa shape index (κ1) is 14.8. The number of hydrogen-bond donors (Lipinski definition) is 2. The van der Waals surface area contributed by atoms with E-state index in [1.807, 2.05) is 43.3 Å². The predicted molar refractivity (Wildman–Crippen MR) is 86.4 cm³/mol. The molecule has 5 heteroatoms. The van der Waals surface area contributed by atoms with Gasteiger partial charge in [0, 0.05) is 16.3 Å². The van der Waals surface area contributed by atoms with Crippen LogP contribution < -0.4 is 11.1 Å². The summed E-state index contributed by atoms with van der Waals surface area (Å²) in [7, 11) is 0. The number of aryl methyl sites for hydroxylation is 1. The highest BCUT2D eigenvalue weighted by molar-refractivity contribution is 8.00. The summed E-state index contributed by atoms with van der Waals surface area (Å²) in [6.07, 6.45) is 0. The number of nitrogens with one attached hydrogen (secondary N) is 1. The second kappa shape index (κ2) is 6.68. The fourth-order valence-corrected chi connectivity index (χ4v) is 2.70. The van der Waals surface area contributed by atoms with Gasteiger partial charge in [-0.3, -0.25) is 4.79 Å². The lowest BCUT2D eigenvalue weighted by molar-refractivity contribution is -0.113. The van der Waals surface area contributed by atoms with Crippen LogP contribution in [-0.4, -0.2) is 11.7 Å². The maximum atomic E-state index is 11.9. The predicted octanol–water partition coefficient (Wildman–Crippen LogP) is 3.96. The van der Waals surface area contributed by atoms with Crippen LogP contribution in [-0.2, 0) is 4.79 Å². The van der Waals surface area contributed by atoms with E-state index in [0.29, 0.717) is 16.5 Å². The molecule has 0 aliphatic rings. The molecule has 1 amide bonds. The Morgan fingerprint density at radius 2 is 2.05 bits per heavy atom. The summed E-state index contributed by atoms with van der Waals surface area (Å²) in [5.74, 6) is 0.224. The Morgan fingerprint density at radius 3 is 2.80 bits per heavy atom. The van der Waals surface area contributed by atoms with E-state index >= 15 is 0 Å². The highest BCUT2D eigenvalue weighted by Gasteiger charge is 2.07. The smallest absolute Gasteiger partial charge is 0.234 e. The first-order chi connectivity index (χ1) is 9.56. The van der Waals surface area contributed by atoms with Crippen LogP contribution in [0.4, 0.5) is 11.4 Å². The van der Waals surface area contributed by atoms with Gasteiger partial charge >= 0.3 is 0 Å². The number of thioether (sulfide) groups is 1. The van der Waals surface area contributed by atoms with Crippen molar-refractivity contribution in [1.82, 2.24) is 0 Å². The van der Waals surface area contributed by atoms with Gasteiger partial charge in [-0.05, 0) is 36.8 Å². The number of rotatable bonds is 4. The average molecular weight is 307 g/mol. The molecule has 3 nitrogen and oxygen atoms in total. The lowest BCUT2D eigenvalue weighted by Gasteiger charge is -2.09. The maximum Gasteiger partial charge on any atom is 0.234 e. The summed E-state index contributed by atoms with van der Waals surface area (Å²) >= 11 is 7.45. The molecule has 0 saturated heterocycles. The van der Waals surface area contributed by atoms with E-state index in [-0.39, 0.29) is 5.91 Å². The first-order valence-electron chi connectivity index (χ1n) is 6.09. The number of nitrogens with two attached hydrogens (primary N) is 1. The Bertz CT molecular complexity index is 631. The van der Waals surface area contributed by atoms with Crippen molar-refractivity contribution in [2.45, 2.75) is 11.8 Å². The number of amides is 1. The quantitative estimate of drug-likeness (QED) is 0.664. The van der Waals surface area contributed by atoms with Gasteiger partial charge in [-0.1, -0.05) is 29.8 Å². The number of carbonyl (C=O) groups excluding carboxylic acids is 1. The monoisotopic (exact) mass is 306 g/mol. The third-order valence-corrected chi connectivity index (χ3v) is 4.25. The SMILES string of the molecule is Cc1ccc(N)cc1NC(=O)CSc1ccccc1Cl. The molecule has 0 aliphatic heterocycles. The average Bonchev–Trinajstić information content (AvgIpc) is 2.42. The molecule has 0 bridgehead atoms. The zero-order chi connectivity index (χ0) is 14.5. The van der Waals surface area contributed by atoms with Crippen molar-refractivity contribution in [2.75, 3.05) is 16.8 Å². The molecule has 20 heavy (non-hydrogen) atoms. The molecular formula is C15H15ClN2OS. The summed E-state index contributed by atoms with van der Waals surface area (Å²) < 4.78 is 0. The summed E-state index contributed by atoms with van der Waals surface area (Å²) in [5.41, 5.74) is 8.07. The first-order valence-corrected chi connectivity index (χ1v) is 7.46. The van der Waals surface area contributed by atoms with E-state index in [1.165, 1.54) is 11.8 Å².